The number of nitrogen functional groups attached to an aromatic ring is 1. The fourth-order valence-electron chi connectivity index (χ4n) is 1.52. The molecule has 1 heterocycles. The third kappa shape index (κ3) is 3.27. The SMILES string of the molecule is CCCC(C)(C)NC(=O)c1cc(N)n[nH]1. The highest BCUT2D eigenvalue weighted by molar-refractivity contribution is 5.93. The number of carbonyl (C=O) groups excluding carboxylic acids is 1. The van der Waals surface area contributed by atoms with E-state index in [0.717, 1.165) is 12.8 Å². The standard InChI is InChI=1S/C10H18N4O/c1-4-5-10(2,3)12-9(15)7-6-8(11)14-13-7/h6H,4-5H2,1-3H3,(H,12,15)(H3,11,13,14). The van der Waals surface area contributed by atoms with Crippen LogP contribution in [0.4, 0.5) is 5.82 Å². The Labute approximate surface area is 89.4 Å². The van der Waals surface area contributed by atoms with Crippen molar-refractivity contribution in [2.75, 3.05) is 5.73 Å². The average molecular weight is 210 g/mol. The number of hydrogen-bond acceptors (Lipinski definition) is 3. The van der Waals surface area contributed by atoms with E-state index < -0.39 is 0 Å². The Bertz CT molecular complexity index is 343. The molecule has 0 bridgehead atoms. The molecule has 0 saturated carbocycles. The summed E-state index contributed by atoms with van der Waals surface area (Å²) in [5.74, 6) is 0.158. The molecule has 0 aliphatic rings. The first-order valence-corrected chi connectivity index (χ1v) is 5.08. The first kappa shape index (κ1) is 11.6. The van der Waals surface area contributed by atoms with E-state index in [4.69, 9.17) is 5.73 Å². The lowest BCUT2D eigenvalue weighted by Gasteiger charge is -2.25. The highest BCUT2D eigenvalue weighted by Gasteiger charge is 2.20. The van der Waals surface area contributed by atoms with Gasteiger partial charge in [0.25, 0.3) is 5.91 Å². The zero-order chi connectivity index (χ0) is 11.5. The quantitative estimate of drug-likeness (QED) is 0.700. The van der Waals surface area contributed by atoms with Crippen LogP contribution in [0.25, 0.3) is 0 Å². The van der Waals surface area contributed by atoms with Gasteiger partial charge >= 0.3 is 0 Å². The van der Waals surface area contributed by atoms with Crippen LogP contribution >= 0.6 is 0 Å². The lowest BCUT2D eigenvalue weighted by Crippen LogP contribution is -2.43. The summed E-state index contributed by atoms with van der Waals surface area (Å²) in [7, 11) is 0. The third-order valence-corrected chi connectivity index (χ3v) is 2.17. The topological polar surface area (TPSA) is 83.8 Å². The van der Waals surface area contributed by atoms with Gasteiger partial charge in [-0.25, -0.2) is 0 Å². The monoisotopic (exact) mass is 210 g/mol. The molecule has 0 spiro atoms. The first-order valence-electron chi connectivity index (χ1n) is 5.08. The van der Waals surface area contributed by atoms with Crippen LogP contribution in [0.3, 0.4) is 0 Å². The number of amides is 1. The molecule has 0 aliphatic heterocycles. The van der Waals surface area contributed by atoms with Gasteiger partial charge in [-0.05, 0) is 20.3 Å². The number of nitrogens with two attached hydrogens (primary N) is 1. The van der Waals surface area contributed by atoms with Crippen LogP contribution in [-0.4, -0.2) is 21.6 Å². The van der Waals surface area contributed by atoms with Crippen molar-refractivity contribution in [1.82, 2.24) is 15.5 Å². The lowest BCUT2D eigenvalue weighted by molar-refractivity contribution is 0.0904. The average Bonchev–Trinajstić information content (AvgIpc) is 2.50. The summed E-state index contributed by atoms with van der Waals surface area (Å²) in [5, 5.41) is 9.21. The number of aromatic amines is 1. The molecule has 0 radical (unpaired) electrons. The minimum atomic E-state index is -0.203. The Kier molecular flexibility index (Phi) is 3.34. The van der Waals surface area contributed by atoms with Crippen LogP contribution < -0.4 is 11.1 Å². The van der Waals surface area contributed by atoms with E-state index >= 15 is 0 Å². The first-order chi connectivity index (χ1) is 6.94. The predicted octanol–water partition coefficient (Wildman–Crippen LogP) is 1.30. The van der Waals surface area contributed by atoms with Crippen LogP contribution in [-0.2, 0) is 0 Å². The molecular formula is C10H18N4O. The maximum absolute atomic E-state index is 11.7. The molecule has 4 N–H and O–H groups in total. The van der Waals surface area contributed by atoms with Gasteiger partial charge in [-0.15, -0.1) is 0 Å². The Morgan fingerprint density at radius 2 is 2.33 bits per heavy atom. The van der Waals surface area contributed by atoms with E-state index in [-0.39, 0.29) is 11.4 Å². The second kappa shape index (κ2) is 4.33. The summed E-state index contributed by atoms with van der Waals surface area (Å²) in [6.07, 6.45) is 1.96. The molecule has 15 heavy (non-hydrogen) atoms. The number of nitrogens with zero attached hydrogens (tertiary/aromatic N) is 1. The van der Waals surface area contributed by atoms with Gasteiger partial charge in [0.15, 0.2) is 0 Å². The Hall–Kier alpha value is -1.52. The zero-order valence-corrected chi connectivity index (χ0v) is 9.42. The minimum Gasteiger partial charge on any atom is -0.382 e. The predicted molar refractivity (Wildman–Crippen MR) is 59.5 cm³/mol. The molecule has 5 nitrogen and oxygen atoms in total. The number of anilines is 1. The highest BCUT2D eigenvalue weighted by Crippen LogP contribution is 2.12. The summed E-state index contributed by atoms with van der Waals surface area (Å²) in [5.41, 5.74) is 5.61. The van der Waals surface area contributed by atoms with Gasteiger partial charge in [0, 0.05) is 11.6 Å². The van der Waals surface area contributed by atoms with Crippen molar-refractivity contribution < 1.29 is 4.79 Å². The van der Waals surface area contributed by atoms with Gasteiger partial charge in [0.2, 0.25) is 0 Å². The van der Waals surface area contributed by atoms with Crippen LogP contribution in [0.5, 0.6) is 0 Å². The van der Waals surface area contributed by atoms with Crippen molar-refractivity contribution in [3.8, 4) is 0 Å². The Morgan fingerprint density at radius 3 is 2.80 bits per heavy atom. The van der Waals surface area contributed by atoms with Crippen LogP contribution in [0.15, 0.2) is 6.07 Å². The summed E-state index contributed by atoms with van der Waals surface area (Å²) in [4.78, 5) is 11.7. The van der Waals surface area contributed by atoms with Gasteiger partial charge in [0.05, 0.1) is 0 Å². The molecule has 1 aromatic rings. The van der Waals surface area contributed by atoms with Gasteiger partial charge < -0.3 is 11.1 Å². The van der Waals surface area contributed by atoms with Crippen molar-refractivity contribution >= 4 is 11.7 Å². The molecule has 1 amide bonds. The van der Waals surface area contributed by atoms with E-state index in [0.29, 0.717) is 11.5 Å². The van der Waals surface area contributed by atoms with E-state index in [1.165, 1.54) is 6.07 Å². The Morgan fingerprint density at radius 1 is 1.67 bits per heavy atom. The molecule has 0 aliphatic carbocycles. The molecule has 0 unspecified atom stereocenters. The van der Waals surface area contributed by atoms with Crippen molar-refractivity contribution in [2.24, 2.45) is 0 Å². The van der Waals surface area contributed by atoms with Gasteiger partial charge in [-0.1, -0.05) is 13.3 Å². The maximum atomic E-state index is 11.7. The summed E-state index contributed by atoms with van der Waals surface area (Å²) in [6.45, 7) is 6.07. The van der Waals surface area contributed by atoms with Crippen molar-refractivity contribution in [3.63, 3.8) is 0 Å². The normalized spacial score (nSPS) is 11.4. The molecule has 0 aromatic carbocycles. The van der Waals surface area contributed by atoms with Gasteiger partial charge in [-0.3, -0.25) is 9.89 Å². The lowest BCUT2D eigenvalue weighted by atomic mass is 9.99. The zero-order valence-electron chi connectivity index (χ0n) is 9.42. The fraction of sp³-hybridized carbons (Fsp3) is 0.600. The molecule has 1 aromatic heterocycles. The van der Waals surface area contributed by atoms with Gasteiger partial charge in [-0.2, -0.15) is 5.10 Å². The molecule has 0 atom stereocenters. The summed E-state index contributed by atoms with van der Waals surface area (Å²) >= 11 is 0. The number of nitrogens with one attached hydrogen (secondary N) is 2. The summed E-state index contributed by atoms with van der Waals surface area (Å²) < 4.78 is 0. The number of carbonyl (C=O) groups is 1. The largest absolute Gasteiger partial charge is 0.382 e. The van der Waals surface area contributed by atoms with Crippen LogP contribution in [0, 0.1) is 0 Å². The van der Waals surface area contributed by atoms with E-state index in [1.807, 2.05) is 13.8 Å². The molecule has 0 saturated heterocycles. The fourth-order valence-corrected chi connectivity index (χ4v) is 1.52. The second-order valence-corrected chi connectivity index (χ2v) is 4.29. The molecule has 84 valence electrons. The number of rotatable bonds is 4. The van der Waals surface area contributed by atoms with Crippen LogP contribution in [0.2, 0.25) is 0 Å². The number of hydrogen-bond donors (Lipinski definition) is 3. The van der Waals surface area contributed by atoms with E-state index in [9.17, 15) is 4.79 Å². The molecule has 0 fully saturated rings. The van der Waals surface area contributed by atoms with Crippen molar-refractivity contribution in [1.29, 1.82) is 0 Å². The van der Waals surface area contributed by atoms with E-state index in [2.05, 4.69) is 22.4 Å². The van der Waals surface area contributed by atoms with Crippen molar-refractivity contribution in [2.45, 2.75) is 39.2 Å². The second-order valence-electron chi connectivity index (χ2n) is 4.29. The van der Waals surface area contributed by atoms with Crippen molar-refractivity contribution in [3.05, 3.63) is 11.8 Å². The Balaban J connectivity index is 2.63. The van der Waals surface area contributed by atoms with E-state index in [1.54, 1.807) is 0 Å². The number of H-pyrrole nitrogens is 1. The summed E-state index contributed by atoms with van der Waals surface area (Å²) in [6, 6.07) is 1.53. The van der Waals surface area contributed by atoms with Crippen LogP contribution in [0.1, 0.15) is 44.1 Å². The maximum Gasteiger partial charge on any atom is 0.269 e. The molecule has 1 rings (SSSR count). The van der Waals surface area contributed by atoms with Gasteiger partial charge in [0.1, 0.15) is 11.5 Å². The highest BCUT2D eigenvalue weighted by atomic mass is 16.2. The minimum absolute atomic E-state index is 0.169. The number of aromatic nitrogens is 2. The third-order valence-electron chi connectivity index (χ3n) is 2.17. The molecular weight excluding hydrogens is 192 g/mol. The smallest absolute Gasteiger partial charge is 0.269 e. The molecule has 5 heteroatoms.